The van der Waals surface area contributed by atoms with Crippen molar-refractivity contribution in [1.82, 2.24) is 9.88 Å². The van der Waals surface area contributed by atoms with Crippen molar-refractivity contribution in [2.24, 2.45) is 5.92 Å². The standard InChI is InChI=1S/C17H20N2O2S/c1-11-5-3-4-6-14(11)15-8-19(9-16(15)17(20)21)7-13-10-22-12(2)18-13/h3-6,10,15-16H,7-9H2,1-2H3,(H,20,21)/t15-,16+/m0/s1. The van der Waals surface area contributed by atoms with E-state index in [1.54, 1.807) is 11.3 Å². The molecule has 0 spiro atoms. The number of aliphatic carboxylic acids is 1. The van der Waals surface area contributed by atoms with Gasteiger partial charge in [-0.25, -0.2) is 4.98 Å². The number of benzene rings is 1. The van der Waals surface area contributed by atoms with Gasteiger partial charge >= 0.3 is 5.97 Å². The highest BCUT2D eigenvalue weighted by atomic mass is 32.1. The molecule has 1 aromatic heterocycles. The minimum Gasteiger partial charge on any atom is -0.481 e. The Morgan fingerprint density at radius 2 is 2.14 bits per heavy atom. The number of hydrogen-bond acceptors (Lipinski definition) is 4. The fourth-order valence-electron chi connectivity index (χ4n) is 3.29. The summed E-state index contributed by atoms with van der Waals surface area (Å²) in [5.41, 5.74) is 3.37. The van der Waals surface area contributed by atoms with E-state index in [1.807, 2.05) is 19.1 Å². The minimum absolute atomic E-state index is 0.0541. The molecule has 2 aromatic rings. The van der Waals surface area contributed by atoms with Crippen LogP contribution in [0.5, 0.6) is 0 Å². The van der Waals surface area contributed by atoms with Gasteiger partial charge in [0.05, 0.1) is 16.6 Å². The number of carboxylic acids is 1. The fourth-order valence-corrected chi connectivity index (χ4v) is 3.90. The highest BCUT2D eigenvalue weighted by molar-refractivity contribution is 7.09. The van der Waals surface area contributed by atoms with Crippen molar-refractivity contribution in [3.63, 3.8) is 0 Å². The van der Waals surface area contributed by atoms with E-state index in [2.05, 4.69) is 34.3 Å². The maximum Gasteiger partial charge on any atom is 0.308 e. The molecule has 1 aliphatic rings. The largest absolute Gasteiger partial charge is 0.481 e. The van der Waals surface area contributed by atoms with Gasteiger partial charge in [0.1, 0.15) is 0 Å². The highest BCUT2D eigenvalue weighted by Crippen LogP contribution is 2.35. The summed E-state index contributed by atoms with van der Waals surface area (Å²) in [5, 5.41) is 12.7. The van der Waals surface area contributed by atoms with Crippen molar-refractivity contribution >= 4 is 17.3 Å². The summed E-state index contributed by atoms with van der Waals surface area (Å²) in [4.78, 5) is 18.4. The fraction of sp³-hybridized carbons (Fsp3) is 0.412. The van der Waals surface area contributed by atoms with Crippen molar-refractivity contribution in [3.05, 3.63) is 51.5 Å². The molecule has 2 atom stereocenters. The molecule has 0 radical (unpaired) electrons. The first-order valence-electron chi connectivity index (χ1n) is 7.46. The molecular formula is C17H20N2O2S. The van der Waals surface area contributed by atoms with E-state index in [1.165, 1.54) is 5.56 Å². The lowest BCUT2D eigenvalue weighted by atomic mass is 9.86. The van der Waals surface area contributed by atoms with Crippen molar-refractivity contribution in [2.75, 3.05) is 13.1 Å². The topological polar surface area (TPSA) is 53.4 Å². The summed E-state index contributed by atoms with van der Waals surface area (Å²) < 4.78 is 0. The van der Waals surface area contributed by atoms with Crippen LogP contribution in [0.2, 0.25) is 0 Å². The van der Waals surface area contributed by atoms with Crippen LogP contribution in [0.1, 0.15) is 27.7 Å². The third kappa shape index (κ3) is 3.05. The van der Waals surface area contributed by atoms with Gasteiger partial charge in [-0.05, 0) is 25.0 Å². The lowest BCUT2D eigenvalue weighted by Crippen LogP contribution is -2.23. The molecule has 22 heavy (non-hydrogen) atoms. The van der Waals surface area contributed by atoms with E-state index in [0.717, 1.165) is 29.4 Å². The lowest BCUT2D eigenvalue weighted by Gasteiger charge is -2.17. The van der Waals surface area contributed by atoms with Crippen LogP contribution in [0.25, 0.3) is 0 Å². The average molecular weight is 316 g/mol. The molecule has 0 unspecified atom stereocenters. The molecule has 0 bridgehead atoms. The van der Waals surface area contributed by atoms with Gasteiger partial charge < -0.3 is 5.11 Å². The predicted molar refractivity (Wildman–Crippen MR) is 87.2 cm³/mol. The van der Waals surface area contributed by atoms with Crippen LogP contribution in [0.15, 0.2) is 29.6 Å². The zero-order valence-electron chi connectivity index (χ0n) is 12.8. The van der Waals surface area contributed by atoms with Crippen LogP contribution < -0.4 is 0 Å². The maximum absolute atomic E-state index is 11.7. The second-order valence-electron chi connectivity index (χ2n) is 5.96. The quantitative estimate of drug-likeness (QED) is 0.942. The number of carbonyl (C=O) groups is 1. The van der Waals surface area contributed by atoms with Crippen LogP contribution >= 0.6 is 11.3 Å². The van der Waals surface area contributed by atoms with Crippen molar-refractivity contribution in [1.29, 1.82) is 0 Å². The Morgan fingerprint density at radius 1 is 1.36 bits per heavy atom. The van der Waals surface area contributed by atoms with Gasteiger partial charge in [-0.1, -0.05) is 24.3 Å². The van der Waals surface area contributed by atoms with Crippen molar-refractivity contribution in [2.45, 2.75) is 26.3 Å². The van der Waals surface area contributed by atoms with E-state index in [4.69, 9.17) is 0 Å². The molecule has 0 amide bonds. The normalized spacial score (nSPS) is 22.1. The number of carboxylic acid groups (broad SMARTS) is 1. The van der Waals surface area contributed by atoms with E-state index >= 15 is 0 Å². The number of rotatable bonds is 4. The highest BCUT2D eigenvalue weighted by Gasteiger charge is 2.39. The number of thiazole rings is 1. The van der Waals surface area contributed by atoms with E-state index < -0.39 is 5.97 Å². The average Bonchev–Trinajstić information content (AvgIpc) is 3.06. The Kier molecular flexibility index (Phi) is 4.27. The van der Waals surface area contributed by atoms with Crippen LogP contribution in [-0.4, -0.2) is 34.0 Å². The number of hydrogen-bond donors (Lipinski definition) is 1. The van der Waals surface area contributed by atoms with Gasteiger partial charge in [0.25, 0.3) is 0 Å². The monoisotopic (exact) mass is 316 g/mol. The van der Waals surface area contributed by atoms with Gasteiger partial charge in [-0.3, -0.25) is 9.69 Å². The summed E-state index contributed by atoms with van der Waals surface area (Å²) >= 11 is 1.64. The Hall–Kier alpha value is -1.72. The minimum atomic E-state index is -0.704. The van der Waals surface area contributed by atoms with Gasteiger partial charge in [-0.2, -0.15) is 0 Å². The predicted octanol–water partition coefficient (Wildman–Crippen LogP) is 3.06. The van der Waals surface area contributed by atoms with Crippen LogP contribution in [0, 0.1) is 19.8 Å². The van der Waals surface area contributed by atoms with E-state index in [0.29, 0.717) is 6.54 Å². The Labute approximate surface area is 134 Å². The van der Waals surface area contributed by atoms with Crippen LogP contribution in [0.4, 0.5) is 0 Å². The number of aryl methyl sites for hydroxylation is 2. The number of nitrogens with zero attached hydrogens (tertiary/aromatic N) is 2. The molecule has 1 aromatic carbocycles. The van der Waals surface area contributed by atoms with Crippen LogP contribution in [-0.2, 0) is 11.3 Å². The first kappa shape index (κ1) is 15.2. The molecule has 1 N–H and O–H groups in total. The van der Waals surface area contributed by atoms with Gasteiger partial charge in [0.15, 0.2) is 0 Å². The first-order valence-corrected chi connectivity index (χ1v) is 8.34. The molecule has 116 valence electrons. The Balaban J connectivity index is 1.81. The van der Waals surface area contributed by atoms with Crippen molar-refractivity contribution < 1.29 is 9.90 Å². The first-order chi connectivity index (χ1) is 10.5. The molecule has 2 heterocycles. The molecule has 0 aliphatic carbocycles. The molecule has 1 aliphatic heterocycles. The SMILES string of the molecule is Cc1nc(CN2C[C@@H](C(=O)O)[C@H](c3ccccc3C)C2)cs1. The zero-order chi connectivity index (χ0) is 15.7. The summed E-state index contributed by atoms with van der Waals surface area (Å²) in [6, 6.07) is 8.11. The zero-order valence-corrected chi connectivity index (χ0v) is 13.6. The van der Waals surface area contributed by atoms with Gasteiger partial charge in [0.2, 0.25) is 0 Å². The summed E-state index contributed by atoms with van der Waals surface area (Å²) in [6.07, 6.45) is 0. The summed E-state index contributed by atoms with van der Waals surface area (Å²) in [5.74, 6) is -0.996. The number of aromatic nitrogens is 1. The molecule has 3 rings (SSSR count). The molecule has 5 heteroatoms. The summed E-state index contributed by atoms with van der Waals surface area (Å²) in [6.45, 7) is 6.15. The van der Waals surface area contributed by atoms with Gasteiger partial charge in [-0.15, -0.1) is 11.3 Å². The van der Waals surface area contributed by atoms with Gasteiger partial charge in [0, 0.05) is 30.9 Å². The molecule has 1 saturated heterocycles. The number of likely N-dealkylation sites (tertiary alicyclic amines) is 1. The Morgan fingerprint density at radius 3 is 2.77 bits per heavy atom. The Bertz CT molecular complexity index is 683. The molecule has 1 fully saturated rings. The van der Waals surface area contributed by atoms with E-state index in [9.17, 15) is 9.90 Å². The third-order valence-corrected chi connectivity index (χ3v) is 5.18. The maximum atomic E-state index is 11.7. The smallest absolute Gasteiger partial charge is 0.308 e. The van der Waals surface area contributed by atoms with Crippen molar-refractivity contribution in [3.8, 4) is 0 Å². The molecular weight excluding hydrogens is 296 g/mol. The molecule has 0 saturated carbocycles. The van der Waals surface area contributed by atoms with Crippen LogP contribution in [0.3, 0.4) is 0 Å². The second kappa shape index (κ2) is 6.18. The third-order valence-electron chi connectivity index (χ3n) is 4.35. The van der Waals surface area contributed by atoms with E-state index in [-0.39, 0.29) is 11.8 Å². The second-order valence-corrected chi connectivity index (χ2v) is 7.02. The molecule has 4 nitrogen and oxygen atoms in total. The lowest BCUT2D eigenvalue weighted by molar-refractivity contribution is -0.141. The summed E-state index contributed by atoms with van der Waals surface area (Å²) in [7, 11) is 0.